The molecule has 0 radical (unpaired) electrons. The molecule has 0 saturated carbocycles. The van der Waals surface area contributed by atoms with E-state index in [1.54, 1.807) is 11.9 Å². The Bertz CT molecular complexity index is 853. The van der Waals surface area contributed by atoms with Gasteiger partial charge in [0.1, 0.15) is 5.69 Å². The Hall–Kier alpha value is -2.60. The summed E-state index contributed by atoms with van der Waals surface area (Å²) in [7, 11) is 1.77. The Balaban J connectivity index is 1.25. The smallest absolute Gasteiger partial charge is 0.270 e. The SMILES string of the molecule is CN1CCC(=O)c2ccn(CCCCN3CCN(c4ccccc4)CC3)c2C1=O. The maximum absolute atomic E-state index is 12.6. The summed E-state index contributed by atoms with van der Waals surface area (Å²) < 4.78 is 1.98. The van der Waals surface area contributed by atoms with E-state index in [1.165, 1.54) is 5.69 Å². The number of amides is 1. The first-order valence-electron chi connectivity index (χ1n) is 10.6. The number of para-hydroxylation sites is 1. The minimum Gasteiger partial charge on any atom is -0.369 e. The molecule has 6 nitrogen and oxygen atoms in total. The van der Waals surface area contributed by atoms with E-state index in [9.17, 15) is 9.59 Å². The summed E-state index contributed by atoms with van der Waals surface area (Å²) in [5, 5.41) is 0. The third kappa shape index (κ3) is 4.37. The Morgan fingerprint density at radius 1 is 0.862 bits per heavy atom. The van der Waals surface area contributed by atoms with Gasteiger partial charge in [0.2, 0.25) is 0 Å². The molecule has 1 fully saturated rings. The lowest BCUT2D eigenvalue weighted by atomic mass is 10.1. The van der Waals surface area contributed by atoms with E-state index in [0.717, 1.165) is 52.1 Å². The lowest BCUT2D eigenvalue weighted by Crippen LogP contribution is -2.46. The molecular weight excluding hydrogens is 364 g/mol. The van der Waals surface area contributed by atoms with Gasteiger partial charge in [0.05, 0.1) is 0 Å². The molecule has 2 aliphatic heterocycles. The summed E-state index contributed by atoms with van der Waals surface area (Å²) in [5.74, 6) is 0.0422. The molecular formula is C23H30N4O2. The summed E-state index contributed by atoms with van der Waals surface area (Å²) in [6.07, 6.45) is 4.41. The number of piperazine rings is 1. The molecule has 1 aromatic heterocycles. The van der Waals surface area contributed by atoms with Crippen LogP contribution < -0.4 is 4.90 Å². The number of hydrogen-bond donors (Lipinski definition) is 0. The van der Waals surface area contributed by atoms with E-state index in [2.05, 4.69) is 40.1 Å². The van der Waals surface area contributed by atoms with Gasteiger partial charge in [-0.2, -0.15) is 0 Å². The van der Waals surface area contributed by atoms with Crippen molar-refractivity contribution in [2.24, 2.45) is 0 Å². The van der Waals surface area contributed by atoms with Crippen LogP contribution in [-0.2, 0) is 6.54 Å². The molecule has 1 aromatic carbocycles. The first-order valence-corrected chi connectivity index (χ1v) is 10.6. The van der Waals surface area contributed by atoms with Gasteiger partial charge in [-0.15, -0.1) is 0 Å². The van der Waals surface area contributed by atoms with Crippen LogP contribution in [0.1, 0.15) is 40.1 Å². The van der Waals surface area contributed by atoms with Gasteiger partial charge in [-0.1, -0.05) is 18.2 Å². The summed E-state index contributed by atoms with van der Waals surface area (Å²) in [6, 6.07) is 12.4. The van der Waals surface area contributed by atoms with E-state index in [1.807, 2.05) is 16.8 Å². The number of ketones is 1. The van der Waals surface area contributed by atoms with E-state index in [0.29, 0.717) is 24.2 Å². The first kappa shape index (κ1) is 19.7. The molecule has 0 N–H and O–H groups in total. The highest BCUT2D eigenvalue weighted by molar-refractivity contribution is 6.08. The van der Waals surface area contributed by atoms with Gasteiger partial charge < -0.3 is 14.4 Å². The van der Waals surface area contributed by atoms with Crippen LogP contribution in [-0.4, -0.2) is 72.4 Å². The highest BCUT2D eigenvalue weighted by Crippen LogP contribution is 2.20. The van der Waals surface area contributed by atoms with Crippen molar-refractivity contribution < 1.29 is 9.59 Å². The van der Waals surface area contributed by atoms with E-state index in [4.69, 9.17) is 0 Å². The Kier molecular flexibility index (Phi) is 6.00. The Labute approximate surface area is 172 Å². The maximum atomic E-state index is 12.6. The number of unbranched alkanes of at least 4 members (excludes halogenated alkanes) is 1. The van der Waals surface area contributed by atoms with Crippen LogP contribution in [0.4, 0.5) is 5.69 Å². The monoisotopic (exact) mass is 394 g/mol. The zero-order valence-electron chi connectivity index (χ0n) is 17.2. The second kappa shape index (κ2) is 8.82. The predicted molar refractivity (Wildman–Crippen MR) is 115 cm³/mol. The predicted octanol–water partition coefficient (Wildman–Crippen LogP) is 2.75. The maximum Gasteiger partial charge on any atom is 0.270 e. The Morgan fingerprint density at radius 2 is 1.59 bits per heavy atom. The number of benzene rings is 1. The van der Waals surface area contributed by atoms with Crippen LogP contribution in [0.3, 0.4) is 0 Å². The summed E-state index contributed by atoms with van der Waals surface area (Å²) in [6.45, 7) is 6.68. The van der Waals surface area contributed by atoms with Gasteiger partial charge in [-0.3, -0.25) is 14.5 Å². The first-order chi connectivity index (χ1) is 14.1. The average molecular weight is 395 g/mol. The molecule has 4 rings (SSSR count). The largest absolute Gasteiger partial charge is 0.369 e. The number of carbonyl (C=O) groups is 2. The van der Waals surface area contributed by atoms with Crippen LogP contribution in [0.5, 0.6) is 0 Å². The zero-order chi connectivity index (χ0) is 20.2. The molecule has 154 valence electrons. The standard InChI is InChI=1S/C23H30N4O2/c1-24-13-10-21(28)20-9-14-27(22(20)23(24)29)12-6-5-11-25-15-17-26(18-16-25)19-7-3-2-4-8-19/h2-4,7-9,14H,5-6,10-13,15-18H2,1H3. The molecule has 0 aliphatic carbocycles. The summed E-state index contributed by atoms with van der Waals surface area (Å²) in [4.78, 5) is 31.5. The highest BCUT2D eigenvalue weighted by Gasteiger charge is 2.28. The van der Waals surface area contributed by atoms with Crippen molar-refractivity contribution in [1.29, 1.82) is 0 Å². The van der Waals surface area contributed by atoms with Gasteiger partial charge in [0, 0.05) is 70.2 Å². The number of anilines is 1. The number of nitrogens with zero attached hydrogens (tertiary/aromatic N) is 4. The van der Waals surface area contributed by atoms with Crippen molar-refractivity contribution in [2.45, 2.75) is 25.8 Å². The molecule has 3 heterocycles. The molecule has 0 bridgehead atoms. The number of aryl methyl sites for hydroxylation is 1. The molecule has 0 unspecified atom stereocenters. The number of carbonyl (C=O) groups excluding carboxylic acids is 2. The molecule has 6 heteroatoms. The van der Waals surface area contributed by atoms with Crippen molar-refractivity contribution in [2.75, 3.05) is 51.2 Å². The molecule has 1 amide bonds. The fourth-order valence-corrected chi connectivity index (χ4v) is 4.29. The lowest BCUT2D eigenvalue weighted by molar-refractivity contribution is 0.0787. The third-order valence-electron chi connectivity index (χ3n) is 6.10. The van der Waals surface area contributed by atoms with Gasteiger partial charge >= 0.3 is 0 Å². The van der Waals surface area contributed by atoms with Crippen molar-refractivity contribution in [3.63, 3.8) is 0 Å². The van der Waals surface area contributed by atoms with Crippen molar-refractivity contribution in [3.05, 3.63) is 53.9 Å². The fraction of sp³-hybridized carbons (Fsp3) is 0.478. The van der Waals surface area contributed by atoms with Gasteiger partial charge in [0.25, 0.3) is 5.91 Å². The highest BCUT2D eigenvalue weighted by atomic mass is 16.2. The van der Waals surface area contributed by atoms with Gasteiger partial charge in [-0.05, 0) is 37.6 Å². The molecule has 29 heavy (non-hydrogen) atoms. The topological polar surface area (TPSA) is 48.8 Å². The number of fused-ring (bicyclic) bond motifs is 1. The second-order valence-electron chi connectivity index (χ2n) is 8.04. The number of rotatable bonds is 6. The average Bonchev–Trinajstić information content (AvgIpc) is 3.15. The quantitative estimate of drug-likeness (QED) is 0.707. The van der Waals surface area contributed by atoms with Gasteiger partial charge in [0.15, 0.2) is 5.78 Å². The van der Waals surface area contributed by atoms with Gasteiger partial charge in [-0.25, -0.2) is 0 Å². The van der Waals surface area contributed by atoms with E-state index in [-0.39, 0.29) is 11.7 Å². The summed E-state index contributed by atoms with van der Waals surface area (Å²) >= 11 is 0. The molecule has 0 atom stereocenters. The van der Waals surface area contributed by atoms with Crippen molar-refractivity contribution in [3.8, 4) is 0 Å². The second-order valence-corrected chi connectivity index (χ2v) is 8.04. The number of hydrogen-bond acceptors (Lipinski definition) is 4. The van der Waals surface area contributed by atoms with Crippen molar-refractivity contribution in [1.82, 2.24) is 14.4 Å². The van der Waals surface area contributed by atoms with Crippen molar-refractivity contribution >= 4 is 17.4 Å². The summed E-state index contributed by atoms with van der Waals surface area (Å²) in [5.41, 5.74) is 2.48. The normalized spacial score (nSPS) is 18.1. The minimum absolute atomic E-state index is 0.0344. The zero-order valence-corrected chi connectivity index (χ0v) is 17.2. The van der Waals surface area contributed by atoms with Crippen LogP contribution in [0, 0.1) is 0 Å². The lowest BCUT2D eigenvalue weighted by Gasteiger charge is -2.36. The van der Waals surface area contributed by atoms with E-state index >= 15 is 0 Å². The third-order valence-corrected chi connectivity index (χ3v) is 6.10. The number of aromatic nitrogens is 1. The van der Waals surface area contributed by atoms with Crippen LogP contribution in [0.25, 0.3) is 0 Å². The van der Waals surface area contributed by atoms with E-state index < -0.39 is 0 Å². The molecule has 1 saturated heterocycles. The minimum atomic E-state index is -0.0344. The Morgan fingerprint density at radius 3 is 2.34 bits per heavy atom. The van der Waals surface area contributed by atoms with Crippen LogP contribution >= 0.6 is 0 Å². The molecule has 2 aromatic rings. The molecule has 0 spiro atoms. The fourth-order valence-electron chi connectivity index (χ4n) is 4.29. The molecule has 2 aliphatic rings. The van der Waals surface area contributed by atoms with Crippen LogP contribution in [0.2, 0.25) is 0 Å². The number of Topliss-reactive ketones (excluding diaryl/α,β-unsaturated/α-hetero) is 1. The van der Waals surface area contributed by atoms with Crippen LogP contribution in [0.15, 0.2) is 42.6 Å².